The average molecular weight is 250 g/mol. The van der Waals surface area contributed by atoms with Crippen LogP contribution >= 0.6 is 0 Å². The van der Waals surface area contributed by atoms with Gasteiger partial charge in [-0.1, -0.05) is 13.8 Å². The number of halogens is 4. The highest BCUT2D eigenvalue weighted by Crippen LogP contribution is 2.19. The van der Waals surface area contributed by atoms with Crippen molar-refractivity contribution in [2.45, 2.75) is 26.9 Å². The SMILES string of the molecule is CC(C)CCOCc1cc(F)c(F)c(F)c1F. The van der Waals surface area contributed by atoms with Gasteiger partial charge in [0.05, 0.1) is 6.61 Å². The number of hydrogen-bond acceptors (Lipinski definition) is 1. The van der Waals surface area contributed by atoms with Crippen molar-refractivity contribution >= 4 is 0 Å². The van der Waals surface area contributed by atoms with Gasteiger partial charge in [-0.15, -0.1) is 0 Å². The van der Waals surface area contributed by atoms with E-state index in [0.29, 0.717) is 18.6 Å². The Kier molecular flexibility index (Phi) is 4.93. The highest BCUT2D eigenvalue weighted by atomic mass is 19.2. The summed E-state index contributed by atoms with van der Waals surface area (Å²) in [5.41, 5.74) is -0.315. The highest BCUT2D eigenvalue weighted by molar-refractivity contribution is 5.21. The van der Waals surface area contributed by atoms with Gasteiger partial charge in [0.2, 0.25) is 0 Å². The third-order valence-electron chi connectivity index (χ3n) is 2.28. The zero-order valence-electron chi connectivity index (χ0n) is 9.70. The number of ether oxygens (including phenoxy) is 1. The van der Waals surface area contributed by atoms with E-state index in [2.05, 4.69) is 0 Å². The second kappa shape index (κ2) is 6.00. The van der Waals surface area contributed by atoms with Crippen LogP contribution in [0, 0.1) is 29.2 Å². The fraction of sp³-hybridized carbons (Fsp3) is 0.500. The summed E-state index contributed by atoms with van der Waals surface area (Å²) in [5.74, 6) is -5.98. The normalized spacial score (nSPS) is 11.2. The fourth-order valence-corrected chi connectivity index (χ4v) is 1.23. The molecule has 5 heteroatoms. The lowest BCUT2D eigenvalue weighted by atomic mass is 10.1. The third-order valence-corrected chi connectivity index (χ3v) is 2.28. The second-order valence-electron chi connectivity index (χ2n) is 4.19. The van der Waals surface area contributed by atoms with Crippen LogP contribution in [-0.2, 0) is 11.3 Å². The van der Waals surface area contributed by atoms with Gasteiger partial charge in [0.15, 0.2) is 23.3 Å². The molecule has 0 atom stereocenters. The van der Waals surface area contributed by atoms with Crippen molar-refractivity contribution < 1.29 is 22.3 Å². The van der Waals surface area contributed by atoms with Crippen molar-refractivity contribution in [1.29, 1.82) is 0 Å². The van der Waals surface area contributed by atoms with E-state index in [1.165, 1.54) is 0 Å². The molecule has 0 bridgehead atoms. The van der Waals surface area contributed by atoms with Gasteiger partial charge >= 0.3 is 0 Å². The summed E-state index contributed by atoms with van der Waals surface area (Å²) >= 11 is 0. The minimum Gasteiger partial charge on any atom is -0.377 e. The highest BCUT2D eigenvalue weighted by Gasteiger charge is 2.18. The summed E-state index contributed by atoms with van der Waals surface area (Å²) < 4.78 is 56.5. The van der Waals surface area contributed by atoms with Crippen LogP contribution in [0.1, 0.15) is 25.8 Å². The maximum atomic E-state index is 13.2. The summed E-state index contributed by atoms with van der Waals surface area (Å²) in [7, 11) is 0. The number of hydrogen-bond donors (Lipinski definition) is 0. The summed E-state index contributed by atoms with van der Waals surface area (Å²) in [6, 6.07) is 0.614. The van der Waals surface area contributed by atoms with Crippen LogP contribution in [0.2, 0.25) is 0 Å². The van der Waals surface area contributed by atoms with Gasteiger partial charge in [0.25, 0.3) is 0 Å². The van der Waals surface area contributed by atoms with Gasteiger partial charge in [-0.2, -0.15) is 0 Å². The van der Waals surface area contributed by atoms with Crippen molar-refractivity contribution in [3.8, 4) is 0 Å². The Morgan fingerprint density at radius 2 is 1.71 bits per heavy atom. The molecule has 0 heterocycles. The molecule has 0 aromatic heterocycles. The van der Waals surface area contributed by atoms with Crippen LogP contribution in [0.15, 0.2) is 6.07 Å². The Morgan fingerprint density at radius 3 is 2.29 bits per heavy atom. The molecule has 0 radical (unpaired) electrons. The molecule has 1 aromatic carbocycles. The lowest BCUT2D eigenvalue weighted by molar-refractivity contribution is 0.107. The van der Waals surface area contributed by atoms with Crippen molar-refractivity contribution in [1.82, 2.24) is 0 Å². The van der Waals surface area contributed by atoms with Crippen molar-refractivity contribution in [2.75, 3.05) is 6.61 Å². The Hall–Kier alpha value is -1.10. The van der Waals surface area contributed by atoms with Crippen LogP contribution in [-0.4, -0.2) is 6.61 Å². The van der Waals surface area contributed by atoms with Gasteiger partial charge in [0.1, 0.15) is 0 Å². The molecule has 96 valence electrons. The molecule has 0 aliphatic carbocycles. The van der Waals surface area contributed by atoms with Crippen LogP contribution in [0.5, 0.6) is 0 Å². The second-order valence-corrected chi connectivity index (χ2v) is 4.19. The zero-order valence-corrected chi connectivity index (χ0v) is 9.70. The Balaban J connectivity index is 2.66. The van der Waals surface area contributed by atoms with Crippen LogP contribution in [0.3, 0.4) is 0 Å². The molecular formula is C12H14F4O. The molecule has 0 saturated carbocycles. The standard InChI is InChI=1S/C12H14F4O/c1-7(2)3-4-17-6-8-5-9(13)11(15)12(16)10(8)14/h5,7H,3-4,6H2,1-2H3. The lowest BCUT2D eigenvalue weighted by Crippen LogP contribution is -2.05. The smallest absolute Gasteiger partial charge is 0.197 e. The molecule has 0 fully saturated rings. The van der Waals surface area contributed by atoms with Gasteiger partial charge in [-0.3, -0.25) is 0 Å². The molecule has 0 aliphatic rings. The molecule has 17 heavy (non-hydrogen) atoms. The molecule has 0 unspecified atom stereocenters. The fourth-order valence-electron chi connectivity index (χ4n) is 1.23. The predicted octanol–water partition coefficient (Wildman–Crippen LogP) is 3.81. The third kappa shape index (κ3) is 3.70. The monoisotopic (exact) mass is 250 g/mol. The first-order valence-corrected chi connectivity index (χ1v) is 5.33. The Morgan fingerprint density at radius 1 is 1.06 bits per heavy atom. The molecule has 0 aliphatic heterocycles. The van der Waals surface area contributed by atoms with Gasteiger partial charge < -0.3 is 4.74 Å². The molecule has 1 rings (SSSR count). The van der Waals surface area contributed by atoms with Crippen LogP contribution in [0.25, 0.3) is 0 Å². The number of benzene rings is 1. The molecular weight excluding hydrogens is 236 g/mol. The van der Waals surface area contributed by atoms with E-state index in [4.69, 9.17) is 4.74 Å². The minimum atomic E-state index is -1.80. The quantitative estimate of drug-likeness (QED) is 0.334. The molecule has 0 N–H and O–H groups in total. The molecule has 0 saturated heterocycles. The summed E-state index contributed by atoms with van der Waals surface area (Å²) in [5, 5.41) is 0. The summed E-state index contributed by atoms with van der Waals surface area (Å²) in [4.78, 5) is 0. The molecule has 0 amide bonds. The first kappa shape index (κ1) is 14.0. The molecule has 0 spiro atoms. The van der Waals surface area contributed by atoms with E-state index in [-0.39, 0.29) is 12.2 Å². The lowest BCUT2D eigenvalue weighted by Gasteiger charge is -2.08. The maximum absolute atomic E-state index is 13.2. The Bertz CT molecular complexity index is 391. The van der Waals surface area contributed by atoms with E-state index >= 15 is 0 Å². The van der Waals surface area contributed by atoms with E-state index in [1.807, 2.05) is 13.8 Å². The average Bonchev–Trinajstić information content (AvgIpc) is 2.27. The van der Waals surface area contributed by atoms with Crippen LogP contribution < -0.4 is 0 Å². The first-order chi connectivity index (χ1) is 7.93. The molecule has 1 nitrogen and oxygen atoms in total. The number of rotatable bonds is 5. The predicted molar refractivity (Wildman–Crippen MR) is 55.4 cm³/mol. The summed E-state index contributed by atoms with van der Waals surface area (Å²) in [6.07, 6.45) is 0.758. The topological polar surface area (TPSA) is 9.23 Å². The van der Waals surface area contributed by atoms with Crippen molar-refractivity contribution in [3.63, 3.8) is 0 Å². The van der Waals surface area contributed by atoms with E-state index in [1.54, 1.807) is 0 Å². The largest absolute Gasteiger partial charge is 0.377 e. The molecule has 1 aromatic rings. The van der Waals surface area contributed by atoms with Gasteiger partial charge in [0, 0.05) is 12.2 Å². The zero-order chi connectivity index (χ0) is 13.0. The maximum Gasteiger partial charge on any atom is 0.197 e. The van der Waals surface area contributed by atoms with Crippen molar-refractivity contribution in [3.05, 3.63) is 34.9 Å². The van der Waals surface area contributed by atoms with Gasteiger partial charge in [-0.25, -0.2) is 17.6 Å². The van der Waals surface area contributed by atoms with E-state index in [9.17, 15) is 17.6 Å². The minimum absolute atomic E-state index is 0.271. The Labute approximate surface area is 97.4 Å². The first-order valence-electron chi connectivity index (χ1n) is 5.33. The summed E-state index contributed by atoms with van der Waals surface area (Å²) in [6.45, 7) is 4.06. The van der Waals surface area contributed by atoms with Crippen molar-refractivity contribution in [2.24, 2.45) is 5.92 Å². The van der Waals surface area contributed by atoms with E-state index in [0.717, 1.165) is 6.42 Å². The van der Waals surface area contributed by atoms with Gasteiger partial charge in [-0.05, 0) is 18.4 Å². The van der Waals surface area contributed by atoms with Crippen LogP contribution in [0.4, 0.5) is 17.6 Å². The van der Waals surface area contributed by atoms with E-state index < -0.39 is 23.3 Å².